The van der Waals surface area contributed by atoms with Crippen LogP contribution in [0.25, 0.3) is 11.1 Å². The van der Waals surface area contributed by atoms with Gasteiger partial charge in [0.25, 0.3) is 0 Å². The molecule has 118 valence electrons. The van der Waals surface area contributed by atoms with Crippen molar-refractivity contribution >= 4 is 11.6 Å². The summed E-state index contributed by atoms with van der Waals surface area (Å²) in [5, 5.41) is 3.09. The zero-order chi connectivity index (χ0) is 15.6. The maximum Gasteiger partial charge on any atom is 0.224 e. The number of anilines is 1. The zero-order valence-electron chi connectivity index (χ0n) is 13.5. The van der Waals surface area contributed by atoms with Crippen LogP contribution in [0.2, 0.25) is 0 Å². The Labute approximate surface area is 137 Å². The van der Waals surface area contributed by atoms with Gasteiger partial charge in [-0.2, -0.15) is 0 Å². The Morgan fingerprint density at radius 3 is 2.65 bits per heavy atom. The van der Waals surface area contributed by atoms with Crippen molar-refractivity contribution in [2.45, 2.75) is 44.9 Å². The van der Waals surface area contributed by atoms with Gasteiger partial charge in [0.1, 0.15) is 0 Å². The van der Waals surface area contributed by atoms with E-state index >= 15 is 0 Å². The number of rotatable bonds is 4. The van der Waals surface area contributed by atoms with Crippen molar-refractivity contribution < 1.29 is 4.79 Å². The van der Waals surface area contributed by atoms with Gasteiger partial charge >= 0.3 is 0 Å². The Morgan fingerprint density at radius 1 is 1.00 bits per heavy atom. The molecule has 23 heavy (non-hydrogen) atoms. The third-order valence-corrected chi connectivity index (χ3v) is 5.34. The topological polar surface area (TPSA) is 29.1 Å². The normalized spacial score (nSPS) is 16.2. The fraction of sp³-hybridized carbons (Fsp3) is 0.381. The summed E-state index contributed by atoms with van der Waals surface area (Å²) in [5.41, 5.74) is 6.25. The zero-order valence-corrected chi connectivity index (χ0v) is 13.5. The number of carbonyl (C=O) groups is 1. The highest BCUT2D eigenvalue weighted by Gasteiger charge is 2.19. The van der Waals surface area contributed by atoms with E-state index in [-0.39, 0.29) is 5.91 Å². The molecule has 1 fully saturated rings. The maximum atomic E-state index is 12.2. The molecule has 0 aromatic heterocycles. The van der Waals surface area contributed by atoms with E-state index in [9.17, 15) is 4.79 Å². The Kier molecular flexibility index (Phi) is 3.90. The molecule has 1 saturated carbocycles. The number of amides is 1. The van der Waals surface area contributed by atoms with Crippen LogP contribution in [0.5, 0.6) is 0 Å². The molecule has 2 aromatic carbocycles. The molecule has 0 bridgehead atoms. The molecule has 0 aliphatic heterocycles. The van der Waals surface area contributed by atoms with Crippen molar-refractivity contribution in [2.75, 3.05) is 5.32 Å². The molecule has 1 amide bonds. The molecule has 2 aliphatic carbocycles. The van der Waals surface area contributed by atoms with Crippen molar-refractivity contribution in [3.05, 3.63) is 53.6 Å². The van der Waals surface area contributed by atoms with Crippen LogP contribution in [0.1, 0.15) is 49.7 Å². The Balaban J connectivity index is 1.44. The van der Waals surface area contributed by atoms with Crippen LogP contribution in [0.15, 0.2) is 42.5 Å². The van der Waals surface area contributed by atoms with Gasteiger partial charge in [-0.05, 0) is 53.1 Å². The van der Waals surface area contributed by atoms with Crippen molar-refractivity contribution in [1.82, 2.24) is 0 Å². The molecule has 2 nitrogen and oxygen atoms in total. The summed E-state index contributed by atoms with van der Waals surface area (Å²) in [4.78, 5) is 12.2. The lowest BCUT2D eigenvalue weighted by molar-refractivity contribution is -0.116. The van der Waals surface area contributed by atoms with Crippen LogP contribution in [0, 0.1) is 5.92 Å². The molecule has 0 unspecified atom stereocenters. The molecule has 0 heterocycles. The van der Waals surface area contributed by atoms with Gasteiger partial charge in [0.15, 0.2) is 0 Å². The van der Waals surface area contributed by atoms with Crippen molar-refractivity contribution in [3.63, 3.8) is 0 Å². The molecule has 2 heteroatoms. The van der Waals surface area contributed by atoms with Crippen LogP contribution in [0.4, 0.5) is 5.69 Å². The fourth-order valence-corrected chi connectivity index (χ4v) is 4.06. The standard InChI is InChI=1S/C21H23NO/c23-21(12-9-15-5-1-2-6-15)22-18-11-10-17-13-16-7-3-4-8-19(16)20(17)14-18/h3-4,7-8,10-11,14-15H,1-2,5-6,9,12-13H2,(H,22,23). The highest BCUT2D eigenvalue weighted by Crippen LogP contribution is 2.37. The molecular formula is C21H23NO. The largest absolute Gasteiger partial charge is 0.326 e. The minimum Gasteiger partial charge on any atom is -0.326 e. The van der Waals surface area contributed by atoms with E-state index < -0.39 is 0 Å². The molecule has 1 N–H and O–H groups in total. The van der Waals surface area contributed by atoms with E-state index in [1.807, 2.05) is 6.07 Å². The van der Waals surface area contributed by atoms with Gasteiger partial charge < -0.3 is 5.32 Å². The number of nitrogens with one attached hydrogen (secondary N) is 1. The predicted molar refractivity (Wildman–Crippen MR) is 94.5 cm³/mol. The van der Waals surface area contributed by atoms with Crippen LogP contribution in [0.3, 0.4) is 0 Å². The average molecular weight is 305 g/mol. The molecular weight excluding hydrogens is 282 g/mol. The molecule has 0 atom stereocenters. The smallest absolute Gasteiger partial charge is 0.224 e. The highest BCUT2D eigenvalue weighted by atomic mass is 16.1. The van der Waals surface area contributed by atoms with Crippen molar-refractivity contribution in [1.29, 1.82) is 0 Å². The maximum absolute atomic E-state index is 12.2. The van der Waals surface area contributed by atoms with Crippen LogP contribution in [-0.2, 0) is 11.2 Å². The number of hydrogen-bond donors (Lipinski definition) is 1. The summed E-state index contributed by atoms with van der Waals surface area (Å²) in [7, 11) is 0. The van der Waals surface area contributed by atoms with E-state index in [4.69, 9.17) is 0 Å². The number of carbonyl (C=O) groups excluding carboxylic acids is 1. The quantitative estimate of drug-likeness (QED) is 0.708. The van der Waals surface area contributed by atoms with E-state index in [1.54, 1.807) is 0 Å². The molecule has 0 radical (unpaired) electrons. The monoisotopic (exact) mass is 305 g/mol. The Bertz CT molecular complexity index is 728. The minimum absolute atomic E-state index is 0.156. The summed E-state index contributed by atoms with van der Waals surface area (Å²) >= 11 is 0. The molecule has 0 spiro atoms. The van der Waals surface area contributed by atoms with Gasteiger partial charge in [-0.1, -0.05) is 56.0 Å². The van der Waals surface area contributed by atoms with Crippen molar-refractivity contribution in [2.24, 2.45) is 5.92 Å². The average Bonchev–Trinajstić information content (AvgIpc) is 3.20. The van der Waals surface area contributed by atoms with E-state index in [1.165, 1.54) is 47.9 Å². The van der Waals surface area contributed by atoms with Crippen LogP contribution >= 0.6 is 0 Å². The molecule has 0 saturated heterocycles. The summed E-state index contributed by atoms with van der Waals surface area (Å²) in [5.74, 6) is 0.927. The summed E-state index contributed by atoms with van der Waals surface area (Å²) in [6.45, 7) is 0. The Morgan fingerprint density at radius 2 is 1.78 bits per heavy atom. The number of fused-ring (bicyclic) bond motifs is 3. The van der Waals surface area contributed by atoms with Crippen molar-refractivity contribution in [3.8, 4) is 11.1 Å². The lowest BCUT2D eigenvalue weighted by atomic mass is 10.0. The second-order valence-corrected chi connectivity index (χ2v) is 6.94. The van der Waals surface area contributed by atoms with Gasteiger partial charge in [-0.25, -0.2) is 0 Å². The SMILES string of the molecule is O=C(CCC1CCCC1)Nc1ccc2c(c1)-c1ccccc1C2. The fourth-order valence-electron chi connectivity index (χ4n) is 4.06. The summed E-state index contributed by atoms with van der Waals surface area (Å²) < 4.78 is 0. The van der Waals surface area contributed by atoms with Crippen LogP contribution in [-0.4, -0.2) is 5.91 Å². The molecule has 4 rings (SSSR count). The van der Waals surface area contributed by atoms with Crippen LogP contribution < -0.4 is 5.32 Å². The second kappa shape index (κ2) is 6.19. The van der Waals surface area contributed by atoms with E-state index in [0.717, 1.165) is 24.4 Å². The summed E-state index contributed by atoms with van der Waals surface area (Å²) in [6, 6.07) is 14.9. The first-order valence-corrected chi connectivity index (χ1v) is 8.80. The number of benzene rings is 2. The minimum atomic E-state index is 0.156. The third-order valence-electron chi connectivity index (χ3n) is 5.34. The highest BCUT2D eigenvalue weighted by molar-refractivity contribution is 5.92. The van der Waals surface area contributed by atoms with Gasteiger partial charge in [0, 0.05) is 12.1 Å². The summed E-state index contributed by atoms with van der Waals surface area (Å²) in [6.07, 6.45) is 8.00. The first kappa shape index (κ1) is 14.5. The molecule has 2 aliphatic rings. The van der Waals surface area contributed by atoms with E-state index in [2.05, 4.69) is 41.7 Å². The van der Waals surface area contributed by atoms with Gasteiger partial charge in [-0.3, -0.25) is 4.79 Å². The van der Waals surface area contributed by atoms with Gasteiger partial charge in [0.05, 0.1) is 0 Å². The first-order valence-electron chi connectivity index (χ1n) is 8.80. The van der Waals surface area contributed by atoms with E-state index in [0.29, 0.717) is 6.42 Å². The second-order valence-electron chi connectivity index (χ2n) is 6.94. The third kappa shape index (κ3) is 3.03. The molecule has 2 aromatic rings. The first-order chi connectivity index (χ1) is 11.3. The van der Waals surface area contributed by atoms with Gasteiger partial charge in [-0.15, -0.1) is 0 Å². The lowest BCUT2D eigenvalue weighted by Crippen LogP contribution is -2.12. The number of hydrogen-bond acceptors (Lipinski definition) is 1. The lowest BCUT2D eigenvalue weighted by Gasteiger charge is -2.10. The Hall–Kier alpha value is -2.09. The van der Waals surface area contributed by atoms with Gasteiger partial charge in [0.2, 0.25) is 5.91 Å². The predicted octanol–water partition coefficient (Wildman–Crippen LogP) is 5.17.